The Morgan fingerprint density at radius 1 is 0.875 bits per heavy atom. The van der Waals surface area contributed by atoms with Crippen LogP contribution in [0.25, 0.3) is 0 Å². The van der Waals surface area contributed by atoms with Crippen LogP contribution in [0.3, 0.4) is 0 Å². The van der Waals surface area contributed by atoms with E-state index >= 15 is 0 Å². The molecule has 1 aliphatic heterocycles. The zero-order valence-corrected chi connectivity index (χ0v) is 23.4. The normalized spacial score (nSPS) is 14.0. The van der Waals surface area contributed by atoms with Gasteiger partial charge in [0.25, 0.3) is 11.8 Å². The van der Waals surface area contributed by atoms with Crippen LogP contribution in [0.15, 0.2) is 78.9 Å². The van der Waals surface area contributed by atoms with E-state index in [0.29, 0.717) is 24.0 Å². The molecule has 1 heterocycles. The van der Waals surface area contributed by atoms with Gasteiger partial charge in [-0.25, -0.2) is 0 Å². The number of nitrogens with zero attached hydrogens (tertiary/aromatic N) is 2. The van der Waals surface area contributed by atoms with Crippen LogP contribution in [0.1, 0.15) is 70.5 Å². The van der Waals surface area contributed by atoms with E-state index < -0.39 is 6.04 Å². The lowest BCUT2D eigenvalue weighted by Crippen LogP contribution is -2.52. The van der Waals surface area contributed by atoms with Crippen LogP contribution in [0.4, 0.5) is 0 Å². The van der Waals surface area contributed by atoms with Gasteiger partial charge in [-0.2, -0.15) is 0 Å². The van der Waals surface area contributed by atoms with Gasteiger partial charge in [0, 0.05) is 32.0 Å². The summed E-state index contributed by atoms with van der Waals surface area (Å²) in [6.45, 7) is 6.37. The van der Waals surface area contributed by atoms with Crippen LogP contribution in [0.2, 0.25) is 0 Å². The fourth-order valence-corrected chi connectivity index (χ4v) is 4.98. The van der Waals surface area contributed by atoms with E-state index in [1.54, 1.807) is 29.2 Å². The van der Waals surface area contributed by atoms with Crippen LogP contribution in [-0.2, 0) is 22.6 Å². The number of hydrogen-bond acceptors (Lipinski definition) is 4. The van der Waals surface area contributed by atoms with Crippen molar-refractivity contribution in [3.63, 3.8) is 0 Å². The minimum atomic E-state index is -0.719. The van der Waals surface area contributed by atoms with E-state index in [-0.39, 0.29) is 49.2 Å². The number of amides is 4. The first-order valence-corrected chi connectivity index (χ1v) is 13.9. The highest BCUT2D eigenvalue weighted by Crippen LogP contribution is 2.23. The molecular weight excluding hydrogens is 502 g/mol. The number of benzene rings is 3. The van der Waals surface area contributed by atoms with Gasteiger partial charge in [-0.3, -0.25) is 24.1 Å². The minimum absolute atomic E-state index is 0.0319. The first-order valence-electron chi connectivity index (χ1n) is 13.9. The largest absolute Gasteiger partial charge is 0.352 e. The Morgan fingerprint density at radius 2 is 1.50 bits per heavy atom. The Bertz CT molecular complexity index is 1340. The molecule has 0 saturated heterocycles. The highest BCUT2D eigenvalue weighted by atomic mass is 16.2. The predicted octanol–water partition coefficient (Wildman–Crippen LogP) is 4.93. The molecule has 0 fully saturated rings. The highest BCUT2D eigenvalue weighted by Gasteiger charge is 2.35. The second-order valence-electron chi connectivity index (χ2n) is 10.4. The van der Waals surface area contributed by atoms with E-state index in [9.17, 15) is 19.2 Å². The van der Waals surface area contributed by atoms with Gasteiger partial charge < -0.3 is 10.2 Å². The van der Waals surface area contributed by atoms with Gasteiger partial charge >= 0.3 is 0 Å². The van der Waals surface area contributed by atoms with Crippen molar-refractivity contribution in [3.8, 4) is 0 Å². The third-order valence-corrected chi connectivity index (χ3v) is 7.36. The Kier molecular flexibility index (Phi) is 9.48. The molecule has 0 bridgehead atoms. The van der Waals surface area contributed by atoms with E-state index in [0.717, 1.165) is 23.1 Å². The predicted molar refractivity (Wildman–Crippen MR) is 155 cm³/mol. The molecule has 0 aliphatic carbocycles. The Morgan fingerprint density at radius 3 is 2.12 bits per heavy atom. The number of nitrogens with one attached hydrogen (secondary N) is 1. The third-order valence-electron chi connectivity index (χ3n) is 7.36. The van der Waals surface area contributed by atoms with Crippen molar-refractivity contribution in [2.45, 2.75) is 65.1 Å². The second kappa shape index (κ2) is 13.2. The van der Waals surface area contributed by atoms with Gasteiger partial charge in [-0.1, -0.05) is 79.2 Å². The molecule has 4 amide bonds. The molecule has 0 spiro atoms. The fourth-order valence-electron chi connectivity index (χ4n) is 4.98. The average molecular weight is 540 g/mol. The maximum absolute atomic E-state index is 13.8. The van der Waals surface area contributed by atoms with Crippen molar-refractivity contribution in [1.29, 1.82) is 0 Å². The zero-order chi connectivity index (χ0) is 28.6. The summed E-state index contributed by atoms with van der Waals surface area (Å²) in [7, 11) is 0. The lowest BCUT2D eigenvalue weighted by Gasteiger charge is -2.32. The molecule has 7 heteroatoms. The smallest absolute Gasteiger partial charge is 0.261 e. The number of rotatable bonds is 12. The highest BCUT2D eigenvalue weighted by molar-refractivity contribution is 6.21. The van der Waals surface area contributed by atoms with Crippen molar-refractivity contribution in [2.75, 3.05) is 6.54 Å². The third kappa shape index (κ3) is 6.84. The molecule has 3 aromatic carbocycles. The summed E-state index contributed by atoms with van der Waals surface area (Å²) in [5, 5.41) is 3.07. The maximum Gasteiger partial charge on any atom is 0.261 e. The summed E-state index contributed by atoms with van der Waals surface area (Å²) >= 11 is 0. The minimum Gasteiger partial charge on any atom is -0.352 e. The van der Waals surface area contributed by atoms with Crippen molar-refractivity contribution < 1.29 is 19.2 Å². The van der Waals surface area contributed by atoms with Crippen LogP contribution < -0.4 is 5.32 Å². The standard InChI is InChI=1S/C33H37N3O4/c1-4-24(3)34-31(38)29(21-25-13-6-5-7-14-25)36(22-26-15-10-12-23(2)20-26)30(37)18-11-19-35-32(39)27-16-8-9-17-28(27)33(35)40/h5-10,12-17,20,24,29H,4,11,18-19,21-22H2,1-3H3,(H,34,38)/t24-,29-/m0/s1. The Balaban J connectivity index is 1.55. The number of aryl methyl sites for hydroxylation is 1. The van der Waals surface area contributed by atoms with Gasteiger partial charge in [0.1, 0.15) is 6.04 Å². The van der Waals surface area contributed by atoms with E-state index in [1.165, 1.54) is 4.90 Å². The molecule has 208 valence electrons. The molecule has 1 N–H and O–H groups in total. The maximum atomic E-state index is 13.8. The van der Waals surface area contributed by atoms with Crippen molar-refractivity contribution in [1.82, 2.24) is 15.1 Å². The molecular formula is C33H37N3O4. The fraction of sp³-hybridized carbons (Fsp3) is 0.333. The molecule has 40 heavy (non-hydrogen) atoms. The van der Waals surface area contributed by atoms with Gasteiger partial charge in [0.2, 0.25) is 11.8 Å². The van der Waals surface area contributed by atoms with Crippen molar-refractivity contribution >= 4 is 23.6 Å². The average Bonchev–Trinajstić information content (AvgIpc) is 3.20. The summed E-state index contributed by atoms with van der Waals surface area (Å²) < 4.78 is 0. The quantitative estimate of drug-likeness (QED) is 0.331. The van der Waals surface area contributed by atoms with Gasteiger partial charge in [0.15, 0.2) is 0 Å². The first-order chi connectivity index (χ1) is 19.3. The summed E-state index contributed by atoms with van der Waals surface area (Å²) in [5.41, 5.74) is 3.75. The number of fused-ring (bicyclic) bond motifs is 1. The molecule has 1 aliphatic rings. The monoisotopic (exact) mass is 539 g/mol. The van der Waals surface area contributed by atoms with E-state index in [2.05, 4.69) is 5.32 Å². The molecule has 0 aromatic heterocycles. The summed E-state index contributed by atoms with van der Waals surface area (Å²) in [5.74, 6) is -1.06. The summed E-state index contributed by atoms with van der Waals surface area (Å²) in [6, 6.07) is 23.6. The zero-order valence-electron chi connectivity index (χ0n) is 23.4. The molecule has 2 atom stereocenters. The number of carbonyl (C=O) groups excluding carboxylic acids is 4. The van der Waals surface area contributed by atoms with Crippen LogP contribution >= 0.6 is 0 Å². The number of imide groups is 1. The Hall–Kier alpha value is -4.26. The van der Waals surface area contributed by atoms with Gasteiger partial charge in [-0.15, -0.1) is 0 Å². The van der Waals surface area contributed by atoms with Gasteiger partial charge in [-0.05, 0) is 49.9 Å². The van der Waals surface area contributed by atoms with Crippen molar-refractivity contribution in [3.05, 3.63) is 107 Å². The van der Waals surface area contributed by atoms with E-state index in [1.807, 2.05) is 75.4 Å². The summed E-state index contributed by atoms with van der Waals surface area (Å²) in [6.07, 6.45) is 1.55. The molecule has 0 saturated carbocycles. The lowest BCUT2D eigenvalue weighted by atomic mass is 10.0. The molecule has 0 radical (unpaired) electrons. The van der Waals surface area contributed by atoms with Crippen LogP contribution in [0, 0.1) is 6.92 Å². The molecule has 3 aromatic rings. The number of hydrogen-bond donors (Lipinski definition) is 1. The lowest BCUT2D eigenvalue weighted by molar-refractivity contribution is -0.141. The van der Waals surface area contributed by atoms with Crippen molar-refractivity contribution in [2.24, 2.45) is 0 Å². The first kappa shape index (κ1) is 28.7. The molecule has 7 nitrogen and oxygen atoms in total. The number of carbonyl (C=O) groups is 4. The van der Waals surface area contributed by atoms with Crippen LogP contribution in [-0.4, -0.2) is 52.1 Å². The molecule has 4 rings (SSSR count). The summed E-state index contributed by atoms with van der Waals surface area (Å²) in [4.78, 5) is 55.9. The Labute approximate surface area is 236 Å². The SMILES string of the molecule is CC[C@H](C)NC(=O)[C@H](Cc1ccccc1)N(Cc1cccc(C)c1)C(=O)CCCN1C(=O)c2ccccc2C1=O. The topological polar surface area (TPSA) is 86.8 Å². The van der Waals surface area contributed by atoms with E-state index in [4.69, 9.17) is 0 Å². The molecule has 0 unspecified atom stereocenters. The van der Waals surface area contributed by atoms with Crippen LogP contribution in [0.5, 0.6) is 0 Å². The second-order valence-corrected chi connectivity index (χ2v) is 10.4. The van der Waals surface area contributed by atoms with Gasteiger partial charge in [0.05, 0.1) is 11.1 Å².